The topological polar surface area (TPSA) is 96.0 Å². The fraction of sp³-hybridized carbons (Fsp3) is 0.462. The van der Waals surface area contributed by atoms with E-state index in [-0.39, 0.29) is 18.5 Å². The van der Waals surface area contributed by atoms with E-state index >= 15 is 0 Å². The Hall–Kier alpha value is -3.07. The van der Waals surface area contributed by atoms with Gasteiger partial charge in [-0.3, -0.25) is 13.9 Å². The zero-order valence-electron chi connectivity index (χ0n) is 21.7. The second kappa shape index (κ2) is 12.1. The molecule has 2 amide bonds. The summed E-state index contributed by atoms with van der Waals surface area (Å²) in [5, 5.41) is 2.92. The first-order valence-electron chi connectivity index (χ1n) is 11.7. The number of nitrogens with zero attached hydrogens (tertiary/aromatic N) is 2. The van der Waals surface area contributed by atoms with E-state index in [9.17, 15) is 18.0 Å². The maximum absolute atomic E-state index is 13.6. The average Bonchev–Trinajstić information content (AvgIpc) is 2.81. The summed E-state index contributed by atoms with van der Waals surface area (Å²) in [7, 11) is -2.22. The molecule has 0 bridgehead atoms. The van der Waals surface area contributed by atoms with E-state index in [0.29, 0.717) is 11.4 Å². The number of carbonyl (C=O) groups is 2. The number of amides is 2. The molecule has 2 atom stereocenters. The third-order valence-corrected chi connectivity index (χ3v) is 7.31. The fourth-order valence-corrected chi connectivity index (χ4v) is 4.52. The van der Waals surface area contributed by atoms with Crippen LogP contribution in [-0.2, 0) is 26.2 Å². The molecule has 0 aliphatic heterocycles. The highest BCUT2D eigenvalue weighted by atomic mass is 32.2. The van der Waals surface area contributed by atoms with Gasteiger partial charge in [0.15, 0.2) is 0 Å². The molecule has 0 saturated carbocycles. The fourth-order valence-electron chi connectivity index (χ4n) is 3.62. The van der Waals surface area contributed by atoms with Gasteiger partial charge in [-0.2, -0.15) is 0 Å². The average molecular weight is 504 g/mol. The normalized spacial score (nSPS) is 13.0. The van der Waals surface area contributed by atoms with Gasteiger partial charge >= 0.3 is 0 Å². The van der Waals surface area contributed by atoms with Crippen molar-refractivity contribution in [3.8, 4) is 5.75 Å². The molecule has 35 heavy (non-hydrogen) atoms. The molecule has 2 aromatic carbocycles. The lowest BCUT2D eigenvalue weighted by Gasteiger charge is -2.32. The number of aryl methyl sites for hydroxylation is 1. The lowest BCUT2D eigenvalue weighted by Crippen LogP contribution is -2.52. The molecule has 0 aliphatic rings. The molecule has 9 heteroatoms. The first-order valence-corrected chi connectivity index (χ1v) is 13.5. The highest BCUT2D eigenvalue weighted by Gasteiger charge is 2.31. The predicted molar refractivity (Wildman–Crippen MR) is 139 cm³/mol. The summed E-state index contributed by atoms with van der Waals surface area (Å²) < 4.78 is 31.9. The van der Waals surface area contributed by atoms with Crippen LogP contribution in [0.15, 0.2) is 42.5 Å². The van der Waals surface area contributed by atoms with Crippen molar-refractivity contribution in [2.75, 3.05) is 24.2 Å². The highest BCUT2D eigenvalue weighted by molar-refractivity contribution is 7.92. The zero-order valence-corrected chi connectivity index (χ0v) is 22.5. The van der Waals surface area contributed by atoms with E-state index in [1.165, 1.54) is 4.90 Å². The van der Waals surface area contributed by atoms with Gasteiger partial charge in [0, 0.05) is 12.6 Å². The Morgan fingerprint density at radius 1 is 1.09 bits per heavy atom. The molecule has 0 aliphatic carbocycles. The highest BCUT2D eigenvalue weighted by Crippen LogP contribution is 2.25. The van der Waals surface area contributed by atoms with Crippen LogP contribution in [0.5, 0.6) is 5.75 Å². The molecular weight excluding hydrogens is 466 g/mol. The van der Waals surface area contributed by atoms with Gasteiger partial charge in [-0.15, -0.1) is 0 Å². The lowest BCUT2D eigenvalue weighted by atomic mass is 10.1. The number of carbonyl (C=O) groups excluding carboxylic acids is 2. The standard InChI is InChI=1S/C26H37N3O5S/c1-8-19(3)27-26(31)21(5)28(16-22-12-10-13-23(15-22)34-6)25(30)17-29(35(7,32)33)24-14-9-11-18(2)20(24)4/h9-15,19,21H,8,16-17H2,1-7H3,(H,27,31)/t19-,21-/m0/s1. The third-order valence-electron chi connectivity index (χ3n) is 6.18. The summed E-state index contributed by atoms with van der Waals surface area (Å²) in [6.07, 6.45) is 1.82. The molecule has 0 unspecified atom stereocenters. The minimum Gasteiger partial charge on any atom is -0.497 e. The van der Waals surface area contributed by atoms with E-state index < -0.39 is 28.5 Å². The van der Waals surface area contributed by atoms with Crippen molar-refractivity contribution in [2.45, 2.75) is 59.7 Å². The van der Waals surface area contributed by atoms with Crippen LogP contribution in [0.25, 0.3) is 0 Å². The Labute approximate surface area is 209 Å². The largest absolute Gasteiger partial charge is 0.497 e. The molecule has 0 saturated heterocycles. The number of benzene rings is 2. The SMILES string of the molecule is CC[C@H](C)NC(=O)[C@H](C)N(Cc1cccc(OC)c1)C(=O)CN(c1cccc(C)c1C)S(C)(=O)=O. The quantitative estimate of drug-likeness (QED) is 0.507. The number of sulfonamides is 1. The number of rotatable bonds is 11. The summed E-state index contributed by atoms with van der Waals surface area (Å²) in [4.78, 5) is 28.0. The Bertz CT molecular complexity index is 1150. The van der Waals surface area contributed by atoms with Crippen molar-refractivity contribution >= 4 is 27.5 Å². The minimum absolute atomic E-state index is 0.0545. The van der Waals surface area contributed by atoms with Crippen LogP contribution in [0.1, 0.15) is 43.9 Å². The van der Waals surface area contributed by atoms with E-state index in [1.54, 1.807) is 44.4 Å². The number of nitrogens with one attached hydrogen (secondary N) is 1. The van der Waals surface area contributed by atoms with Crippen molar-refractivity contribution in [3.05, 3.63) is 59.2 Å². The second-order valence-corrected chi connectivity index (χ2v) is 10.8. The number of anilines is 1. The number of methoxy groups -OCH3 is 1. The monoisotopic (exact) mass is 503 g/mol. The van der Waals surface area contributed by atoms with Crippen LogP contribution in [0.3, 0.4) is 0 Å². The summed E-state index contributed by atoms with van der Waals surface area (Å²) in [5.74, 6) is -0.154. The molecular formula is C26H37N3O5S. The first-order chi connectivity index (χ1) is 16.4. The smallest absolute Gasteiger partial charge is 0.244 e. The summed E-state index contributed by atoms with van der Waals surface area (Å²) in [6.45, 7) is 8.91. The molecule has 2 aromatic rings. The lowest BCUT2D eigenvalue weighted by molar-refractivity contribution is -0.139. The Morgan fingerprint density at radius 3 is 2.34 bits per heavy atom. The number of hydrogen-bond acceptors (Lipinski definition) is 5. The number of hydrogen-bond donors (Lipinski definition) is 1. The molecule has 8 nitrogen and oxygen atoms in total. The van der Waals surface area contributed by atoms with Crippen molar-refractivity contribution in [2.24, 2.45) is 0 Å². The van der Waals surface area contributed by atoms with Crippen molar-refractivity contribution in [1.29, 1.82) is 0 Å². The van der Waals surface area contributed by atoms with Crippen LogP contribution < -0.4 is 14.4 Å². The van der Waals surface area contributed by atoms with Gasteiger partial charge in [0.05, 0.1) is 19.1 Å². The van der Waals surface area contributed by atoms with E-state index in [4.69, 9.17) is 4.74 Å². The van der Waals surface area contributed by atoms with Gasteiger partial charge < -0.3 is 15.0 Å². The summed E-state index contributed by atoms with van der Waals surface area (Å²) >= 11 is 0. The van der Waals surface area contributed by atoms with Gasteiger partial charge in [0.25, 0.3) is 0 Å². The molecule has 1 N–H and O–H groups in total. The molecule has 0 fully saturated rings. The second-order valence-electron chi connectivity index (χ2n) is 8.86. The van der Waals surface area contributed by atoms with Crippen molar-refractivity contribution in [3.63, 3.8) is 0 Å². The molecule has 2 rings (SSSR count). The van der Waals surface area contributed by atoms with Gasteiger partial charge in [-0.05, 0) is 69.0 Å². The Morgan fingerprint density at radius 2 is 1.74 bits per heavy atom. The maximum atomic E-state index is 13.6. The Kier molecular flexibility index (Phi) is 9.71. The van der Waals surface area contributed by atoms with E-state index in [2.05, 4.69) is 5.32 Å². The predicted octanol–water partition coefficient (Wildman–Crippen LogP) is 3.41. The molecule has 0 spiro atoms. The summed E-state index contributed by atoms with van der Waals surface area (Å²) in [5.41, 5.74) is 2.89. The van der Waals surface area contributed by atoms with Gasteiger partial charge in [0.2, 0.25) is 21.8 Å². The van der Waals surface area contributed by atoms with E-state index in [1.807, 2.05) is 39.8 Å². The van der Waals surface area contributed by atoms with Gasteiger partial charge in [-0.25, -0.2) is 8.42 Å². The molecule has 0 aromatic heterocycles. The van der Waals surface area contributed by atoms with Crippen LogP contribution in [0.4, 0.5) is 5.69 Å². The molecule has 192 valence electrons. The van der Waals surface area contributed by atoms with Crippen LogP contribution >= 0.6 is 0 Å². The third kappa shape index (κ3) is 7.45. The Balaban J connectivity index is 2.45. The maximum Gasteiger partial charge on any atom is 0.244 e. The first kappa shape index (κ1) is 28.2. The van der Waals surface area contributed by atoms with Crippen LogP contribution in [0, 0.1) is 13.8 Å². The minimum atomic E-state index is -3.77. The van der Waals surface area contributed by atoms with Crippen LogP contribution in [0.2, 0.25) is 0 Å². The van der Waals surface area contributed by atoms with Crippen molar-refractivity contribution < 1.29 is 22.7 Å². The number of ether oxygens (including phenoxy) is 1. The molecule has 0 radical (unpaired) electrons. The van der Waals surface area contributed by atoms with Crippen molar-refractivity contribution in [1.82, 2.24) is 10.2 Å². The molecule has 0 heterocycles. The van der Waals surface area contributed by atoms with E-state index in [0.717, 1.165) is 33.7 Å². The summed E-state index contributed by atoms with van der Waals surface area (Å²) in [6, 6.07) is 11.7. The zero-order chi connectivity index (χ0) is 26.3. The van der Waals surface area contributed by atoms with Gasteiger partial charge in [0.1, 0.15) is 18.3 Å². The van der Waals surface area contributed by atoms with Crippen LogP contribution in [-0.4, -0.2) is 57.1 Å². The van der Waals surface area contributed by atoms with Gasteiger partial charge in [-0.1, -0.05) is 31.2 Å².